The van der Waals surface area contributed by atoms with Gasteiger partial charge in [0, 0.05) is 22.0 Å². The fourth-order valence-electron chi connectivity index (χ4n) is 2.16. The van der Waals surface area contributed by atoms with Gasteiger partial charge < -0.3 is 9.47 Å². The van der Waals surface area contributed by atoms with Gasteiger partial charge in [-0.2, -0.15) is 0 Å². The molecular weight excluding hydrogens is 311 g/mol. The highest BCUT2D eigenvalue weighted by Crippen LogP contribution is 2.31. The second kappa shape index (κ2) is 5.96. The van der Waals surface area contributed by atoms with Crippen LogP contribution in [-0.2, 0) is 6.42 Å². The van der Waals surface area contributed by atoms with Crippen LogP contribution in [0.4, 0.5) is 0 Å². The molecule has 5 heteroatoms. The maximum absolute atomic E-state index is 12.3. The third kappa shape index (κ3) is 3.14. The molecule has 2 aromatic rings. The van der Waals surface area contributed by atoms with E-state index in [1.54, 1.807) is 36.4 Å². The zero-order chi connectivity index (χ0) is 14.8. The highest BCUT2D eigenvalue weighted by atomic mass is 35.5. The average molecular weight is 323 g/mol. The van der Waals surface area contributed by atoms with E-state index in [1.807, 2.05) is 0 Å². The molecule has 0 bridgehead atoms. The molecular formula is C16H12Cl2O3. The van der Waals surface area contributed by atoms with Crippen molar-refractivity contribution in [3.63, 3.8) is 0 Å². The predicted molar refractivity (Wildman–Crippen MR) is 81.9 cm³/mol. The summed E-state index contributed by atoms with van der Waals surface area (Å²) in [4.78, 5) is 12.3. The van der Waals surface area contributed by atoms with E-state index in [1.165, 1.54) is 0 Å². The molecule has 0 aliphatic carbocycles. The quantitative estimate of drug-likeness (QED) is 0.795. The maximum Gasteiger partial charge on any atom is 0.167 e. The first-order valence-electron chi connectivity index (χ1n) is 6.50. The normalized spacial score (nSPS) is 13.0. The molecule has 3 rings (SSSR count). The van der Waals surface area contributed by atoms with Gasteiger partial charge in [-0.3, -0.25) is 4.79 Å². The molecule has 0 saturated carbocycles. The van der Waals surface area contributed by atoms with Gasteiger partial charge in [0.2, 0.25) is 0 Å². The highest BCUT2D eigenvalue weighted by Gasteiger charge is 2.16. The van der Waals surface area contributed by atoms with Gasteiger partial charge in [-0.1, -0.05) is 29.3 Å². The number of fused-ring (bicyclic) bond motifs is 1. The molecule has 0 radical (unpaired) electrons. The number of rotatable bonds is 3. The van der Waals surface area contributed by atoms with Crippen molar-refractivity contribution in [2.75, 3.05) is 13.2 Å². The van der Waals surface area contributed by atoms with Gasteiger partial charge in [-0.15, -0.1) is 0 Å². The Bertz CT molecular complexity index is 698. The second-order valence-electron chi connectivity index (χ2n) is 4.69. The molecule has 1 aliphatic rings. The fraction of sp³-hybridized carbons (Fsp3) is 0.188. The van der Waals surface area contributed by atoms with E-state index in [9.17, 15) is 4.79 Å². The van der Waals surface area contributed by atoms with Crippen molar-refractivity contribution >= 4 is 29.0 Å². The summed E-state index contributed by atoms with van der Waals surface area (Å²) in [5, 5.41) is 1.05. The molecule has 1 heterocycles. The van der Waals surface area contributed by atoms with E-state index in [2.05, 4.69) is 0 Å². The number of ether oxygens (including phenoxy) is 2. The molecule has 0 aromatic heterocycles. The van der Waals surface area contributed by atoms with Gasteiger partial charge in [0.25, 0.3) is 0 Å². The van der Waals surface area contributed by atoms with E-state index >= 15 is 0 Å². The molecule has 0 fully saturated rings. The zero-order valence-electron chi connectivity index (χ0n) is 11.1. The Morgan fingerprint density at radius 2 is 1.76 bits per heavy atom. The lowest BCUT2D eigenvalue weighted by Crippen LogP contribution is -2.16. The van der Waals surface area contributed by atoms with Crippen molar-refractivity contribution in [1.82, 2.24) is 0 Å². The Hall–Kier alpha value is -1.71. The molecule has 0 N–H and O–H groups in total. The number of benzene rings is 2. The Balaban J connectivity index is 1.82. The van der Waals surface area contributed by atoms with Crippen LogP contribution in [-0.4, -0.2) is 19.0 Å². The van der Waals surface area contributed by atoms with Crippen LogP contribution in [0.3, 0.4) is 0 Å². The number of halogens is 2. The Labute approximate surface area is 132 Å². The van der Waals surface area contributed by atoms with Gasteiger partial charge in [-0.05, 0) is 35.9 Å². The topological polar surface area (TPSA) is 35.5 Å². The van der Waals surface area contributed by atoms with E-state index in [4.69, 9.17) is 32.7 Å². The minimum atomic E-state index is -0.0313. The molecule has 108 valence electrons. The van der Waals surface area contributed by atoms with E-state index in [0.29, 0.717) is 40.3 Å². The van der Waals surface area contributed by atoms with E-state index < -0.39 is 0 Å². The van der Waals surface area contributed by atoms with Gasteiger partial charge in [0.15, 0.2) is 17.3 Å². The number of hydrogen-bond acceptors (Lipinski definition) is 3. The summed E-state index contributed by atoms with van der Waals surface area (Å²) in [5.74, 6) is 1.24. The Kier molecular flexibility index (Phi) is 4.04. The van der Waals surface area contributed by atoms with Crippen LogP contribution in [0.1, 0.15) is 15.9 Å². The third-order valence-corrected chi connectivity index (χ3v) is 3.82. The van der Waals surface area contributed by atoms with Crippen LogP contribution >= 0.6 is 23.2 Å². The zero-order valence-corrected chi connectivity index (χ0v) is 12.6. The average Bonchev–Trinajstić information content (AvgIpc) is 2.49. The van der Waals surface area contributed by atoms with Crippen molar-refractivity contribution in [2.45, 2.75) is 6.42 Å². The number of ketones is 1. The largest absolute Gasteiger partial charge is 0.486 e. The highest BCUT2D eigenvalue weighted by molar-refractivity contribution is 6.35. The van der Waals surface area contributed by atoms with Crippen molar-refractivity contribution in [1.29, 1.82) is 0 Å². The van der Waals surface area contributed by atoms with Crippen molar-refractivity contribution in [3.05, 3.63) is 57.6 Å². The monoisotopic (exact) mass is 322 g/mol. The van der Waals surface area contributed by atoms with Crippen LogP contribution in [0.5, 0.6) is 11.5 Å². The lowest BCUT2D eigenvalue weighted by atomic mass is 10.0. The summed E-state index contributed by atoms with van der Waals surface area (Å²) >= 11 is 11.9. The lowest BCUT2D eigenvalue weighted by Gasteiger charge is -2.18. The van der Waals surface area contributed by atoms with Crippen LogP contribution < -0.4 is 9.47 Å². The number of hydrogen-bond donors (Lipinski definition) is 0. The number of Topliss-reactive ketones (excluding diaryl/α,β-unsaturated/α-hetero) is 1. The molecule has 2 aromatic carbocycles. The molecule has 1 aliphatic heterocycles. The van der Waals surface area contributed by atoms with Gasteiger partial charge in [-0.25, -0.2) is 0 Å². The SMILES string of the molecule is O=C(Cc1ccc(Cl)cc1Cl)c1ccc2c(c1)OCCO2. The maximum atomic E-state index is 12.3. The molecule has 0 amide bonds. The van der Waals surface area contributed by atoms with E-state index in [-0.39, 0.29) is 12.2 Å². The van der Waals surface area contributed by atoms with Crippen molar-refractivity contribution < 1.29 is 14.3 Å². The van der Waals surface area contributed by atoms with Gasteiger partial charge >= 0.3 is 0 Å². The first-order chi connectivity index (χ1) is 10.1. The van der Waals surface area contributed by atoms with Gasteiger partial charge in [0.05, 0.1) is 0 Å². The summed E-state index contributed by atoms with van der Waals surface area (Å²) < 4.78 is 10.9. The molecule has 0 atom stereocenters. The minimum absolute atomic E-state index is 0.0313. The smallest absolute Gasteiger partial charge is 0.167 e. The summed E-state index contributed by atoms with van der Waals surface area (Å²) in [6.45, 7) is 1.02. The Morgan fingerprint density at radius 1 is 1.00 bits per heavy atom. The molecule has 0 spiro atoms. The molecule has 3 nitrogen and oxygen atoms in total. The summed E-state index contributed by atoms with van der Waals surface area (Å²) in [6.07, 6.45) is 0.218. The first kappa shape index (κ1) is 14.2. The second-order valence-corrected chi connectivity index (χ2v) is 5.54. The lowest BCUT2D eigenvalue weighted by molar-refractivity contribution is 0.0991. The van der Waals surface area contributed by atoms with E-state index in [0.717, 1.165) is 5.56 Å². The van der Waals surface area contributed by atoms with Crippen LogP contribution in [0, 0.1) is 0 Å². The fourth-order valence-corrected chi connectivity index (χ4v) is 2.63. The minimum Gasteiger partial charge on any atom is -0.486 e. The van der Waals surface area contributed by atoms with Crippen molar-refractivity contribution in [3.8, 4) is 11.5 Å². The summed E-state index contributed by atoms with van der Waals surface area (Å²) in [6, 6.07) is 10.3. The van der Waals surface area contributed by atoms with Crippen LogP contribution in [0.2, 0.25) is 10.0 Å². The van der Waals surface area contributed by atoms with Gasteiger partial charge in [0.1, 0.15) is 13.2 Å². The summed E-state index contributed by atoms with van der Waals surface area (Å²) in [5.41, 5.74) is 1.33. The number of carbonyl (C=O) groups is 1. The third-order valence-electron chi connectivity index (χ3n) is 3.23. The Morgan fingerprint density at radius 3 is 2.52 bits per heavy atom. The molecule has 21 heavy (non-hydrogen) atoms. The standard InChI is InChI=1S/C16H12Cl2O3/c17-12-3-1-10(13(18)9-12)7-14(19)11-2-4-15-16(8-11)21-6-5-20-15/h1-4,8-9H,5-7H2. The van der Waals surface area contributed by atoms with Crippen molar-refractivity contribution in [2.24, 2.45) is 0 Å². The summed E-state index contributed by atoms with van der Waals surface area (Å²) in [7, 11) is 0. The van der Waals surface area contributed by atoms with Crippen LogP contribution in [0.15, 0.2) is 36.4 Å². The predicted octanol–water partition coefficient (Wildman–Crippen LogP) is 4.19. The molecule has 0 saturated heterocycles. The number of carbonyl (C=O) groups excluding carboxylic acids is 1. The van der Waals surface area contributed by atoms with Crippen LogP contribution in [0.25, 0.3) is 0 Å². The first-order valence-corrected chi connectivity index (χ1v) is 7.26. The molecule has 0 unspecified atom stereocenters.